The molecule has 1 saturated heterocycles. The van der Waals surface area contributed by atoms with Crippen molar-refractivity contribution in [3.8, 4) is 16.9 Å². The molecule has 0 bridgehead atoms. The third-order valence-corrected chi connectivity index (χ3v) is 6.59. The molecule has 0 amide bonds. The Bertz CT molecular complexity index is 1260. The first-order valence-corrected chi connectivity index (χ1v) is 11.2. The summed E-state index contributed by atoms with van der Waals surface area (Å²) in [6.45, 7) is 4.04. The number of rotatable bonds is 5. The highest BCUT2D eigenvalue weighted by Gasteiger charge is 2.39. The summed E-state index contributed by atoms with van der Waals surface area (Å²) in [5, 5.41) is 4.00. The van der Waals surface area contributed by atoms with Gasteiger partial charge in [0.15, 0.2) is 0 Å². The van der Waals surface area contributed by atoms with E-state index in [1.807, 2.05) is 66.7 Å². The molecule has 0 saturated carbocycles. The van der Waals surface area contributed by atoms with Gasteiger partial charge in [-0.15, -0.1) is 0 Å². The number of fused-ring (bicyclic) bond motifs is 1. The van der Waals surface area contributed by atoms with Gasteiger partial charge in [0.1, 0.15) is 28.6 Å². The van der Waals surface area contributed by atoms with Crippen molar-refractivity contribution in [1.82, 2.24) is 5.32 Å². The van der Waals surface area contributed by atoms with E-state index >= 15 is 0 Å². The van der Waals surface area contributed by atoms with Gasteiger partial charge in [0, 0.05) is 12.5 Å². The lowest BCUT2D eigenvalue weighted by atomic mass is 9.78. The molecule has 2 heterocycles. The minimum absolute atomic E-state index is 0.0785. The summed E-state index contributed by atoms with van der Waals surface area (Å²) in [6.07, 6.45) is 3.71. The summed E-state index contributed by atoms with van der Waals surface area (Å²) in [5.74, 6) is 0.837. The van der Waals surface area contributed by atoms with Crippen molar-refractivity contribution < 1.29 is 9.15 Å². The second kappa shape index (κ2) is 8.64. The quantitative estimate of drug-likeness (QED) is 0.442. The van der Waals surface area contributed by atoms with Crippen LogP contribution >= 0.6 is 0 Å². The van der Waals surface area contributed by atoms with Gasteiger partial charge in [0.2, 0.25) is 5.43 Å². The number of hydrogen-bond acceptors (Lipinski definition) is 4. The van der Waals surface area contributed by atoms with Crippen LogP contribution in [0.3, 0.4) is 0 Å². The maximum atomic E-state index is 13.6. The summed E-state index contributed by atoms with van der Waals surface area (Å²) in [5.41, 5.74) is 2.34. The highest BCUT2D eigenvalue weighted by molar-refractivity contribution is 5.87. The van der Waals surface area contributed by atoms with Gasteiger partial charge in [-0.05, 0) is 49.6 Å². The Morgan fingerprint density at radius 3 is 2.44 bits per heavy atom. The van der Waals surface area contributed by atoms with Crippen LogP contribution in [-0.2, 0) is 5.60 Å². The SMILES string of the molecule is CC(Oc1cccc2occ(-c3ccccc3)c(=O)c12)(c1ccccc1)C1CCCNC1. The van der Waals surface area contributed by atoms with Crippen LogP contribution in [-0.4, -0.2) is 13.1 Å². The lowest BCUT2D eigenvalue weighted by Crippen LogP contribution is -2.46. The zero-order valence-electron chi connectivity index (χ0n) is 18.2. The summed E-state index contributed by atoms with van der Waals surface area (Å²) >= 11 is 0. The molecule has 0 radical (unpaired) electrons. The van der Waals surface area contributed by atoms with Gasteiger partial charge in [-0.3, -0.25) is 4.79 Å². The molecule has 32 heavy (non-hydrogen) atoms. The van der Waals surface area contributed by atoms with Crippen LogP contribution in [0.15, 0.2) is 94.3 Å². The zero-order valence-corrected chi connectivity index (χ0v) is 18.2. The Balaban J connectivity index is 1.65. The summed E-state index contributed by atoms with van der Waals surface area (Å²) in [4.78, 5) is 13.6. The number of ether oxygens (including phenoxy) is 1. The molecule has 1 aliphatic heterocycles. The Labute approximate surface area is 187 Å². The van der Waals surface area contributed by atoms with Gasteiger partial charge in [0.05, 0.1) is 5.56 Å². The van der Waals surface area contributed by atoms with Crippen molar-refractivity contribution in [2.45, 2.75) is 25.4 Å². The van der Waals surface area contributed by atoms with Crippen molar-refractivity contribution in [3.63, 3.8) is 0 Å². The van der Waals surface area contributed by atoms with E-state index in [9.17, 15) is 4.79 Å². The van der Waals surface area contributed by atoms with Crippen LogP contribution in [0.1, 0.15) is 25.3 Å². The minimum Gasteiger partial charge on any atom is -0.482 e. The van der Waals surface area contributed by atoms with E-state index in [0.29, 0.717) is 22.3 Å². The maximum Gasteiger partial charge on any atom is 0.204 e. The molecule has 2 atom stereocenters. The predicted molar refractivity (Wildman–Crippen MR) is 128 cm³/mol. The normalized spacial score (nSPS) is 18.2. The van der Waals surface area contributed by atoms with E-state index in [4.69, 9.17) is 9.15 Å². The van der Waals surface area contributed by atoms with E-state index in [1.165, 1.54) is 0 Å². The fraction of sp³-hybridized carbons (Fsp3) is 0.250. The van der Waals surface area contributed by atoms with Gasteiger partial charge in [-0.25, -0.2) is 0 Å². The zero-order chi connectivity index (χ0) is 22.0. The second-order valence-corrected chi connectivity index (χ2v) is 8.59. The summed E-state index contributed by atoms with van der Waals surface area (Å²) in [7, 11) is 0. The highest BCUT2D eigenvalue weighted by atomic mass is 16.5. The van der Waals surface area contributed by atoms with Crippen LogP contribution in [0, 0.1) is 5.92 Å². The molecule has 4 aromatic rings. The number of hydrogen-bond donors (Lipinski definition) is 1. The van der Waals surface area contributed by atoms with E-state index in [2.05, 4.69) is 24.4 Å². The lowest BCUT2D eigenvalue weighted by Gasteiger charge is -2.41. The van der Waals surface area contributed by atoms with Crippen LogP contribution in [0.5, 0.6) is 5.75 Å². The fourth-order valence-electron chi connectivity index (χ4n) is 4.74. The Morgan fingerprint density at radius 1 is 0.969 bits per heavy atom. The topological polar surface area (TPSA) is 51.5 Å². The summed E-state index contributed by atoms with van der Waals surface area (Å²) < 4.78 is 12.7. The monoisotopic (exact) mass is 425 g/mol. The molecule has 5 rings (SSSR count). The smallest absolute Gasteiger partial charge is 0.204 e. The number of benzene rings is 3. The van der Waals surface area contributed by atoms with Gasteiger partial charge in [-0.1, -0.05) is 66.7 Å². The molecule has 0 spiro atoms. The third kappa shape index (κ3) is 3.71. The molecule has 0 aliphatic carbocycles. The first-order chi connectivity index (χ1) is 15.7. The summed E-state index contributed by atoms with van der Waals surface area (Å²) in [6, 6.07) is 25.5. The van der Waals surface area contributed by atoms with Crippen molar-refractivity contribution in [3.05, 3.63) is 101 Å². The van der Waals surface area contributed by atoms with Crippen LogP contribution in [0.2, 0.25) is 0 Å². The molecule has 3 aromatic carbocycles. The van der Waals surface area contributed by atoms with E-state index in [0.717, 1.165) is 37.1 Å². The number of piperidine rings is 1. The average Bonchev–Trinajstić information content (AvgIpc) is 2.86. The van der Waals surface area contributed by atoms with Crippen LogP contribution < -0.4 is 15.5 Å². The molecular weight excluding hydrogens is 398 g/mol. The first-order valence-electron chi connectivity index (χ1n) is 11.2. The second-order valence-electron chi connectivity index (χ2n) is 8.59. The molecule has 1 aromatic heterocycles. The molecule has 162 valence electrons. The van der Waals surface area contributed by atoms with Gasteiger partial charge >= 0.3 is 0 Å². The van der Waals surface area contributed by atoms with E-state index < -0.39 is 5.60 Å². The molecule has 2 unspecified atom stereocenters. The van der Waals surface area contributed by atoms with E-state index in [1.54, 1.807) is 6.26 Å². The van der Waals surface area contributed by atoms with Crippen molar-refractivity contribution in [2.75, 3.05) is 13.1 Å². The maximum absolute atomic E-state index is 13.6. The van der Waals surface area contributed by atoms with Crippen molar-refractivity contribution >= 4 is 11.0 Å². The molecular formula is C28H27NO3. The molecule has 4 heteroatoms. The Morgan fingerprint density at radius 2 is 1.72 bits per heavy atom. The number of nitrogens with one attached hydrogen (secondary N) is 1. The molecule has 4 nitrogen and oxygen atoms in total. The van der Waals surface area contributed by atoms with Crippen molar-refractivity contribution in [2.24, 2.45) is 5.92 Å². The average molecular weight is 426 g/mol. The highest BCUT2D eigenvalue weighted by Crippen LogP contribution is 2.40. The Kier molecular flexibility index (Phi) is 5.54. The largest absolute Gasteiger partial charge is 0.482 e. The third-order valence-electron chi connectivity index (χ3n) is 6.59. The van der Waals surface area contributed by atoms with Gasteiger partial charge in [0.25, 0.3) is 0 Å². The standard InChI is InChI=1S/C28H27NO3/c1-28(21-12-6-3-7-13-21,22-14-9-17-29-18-22)32-25-16-8-15-24-26(25)27(30)23(19-31-24)20-10-4-2-5-11-20/h2-8,10-13,15-16,19,22,29H,9,14,17-18H2,1H3. The van der Waals surface area contributed by atoms with Crippen LogP contribution in [0.4, 0.5) is 0 Å². The minimum atomic E-state index is -0.585. The lowest BCUT2D eigenvalue weighted by molar-refractivity contribution is 0.0113. The fourth-order valence-corrected chi connectivity index (χ4v) is 4.74. The molecule has 1 fully saturated rings. The van der Waals surface area contributed by atoms with Gasteiger partial charge < -0.3 is 14.5 Å². The first kappa shape index (κ1) is 20.5. The van der Waals surface area contributed by atoms with Crippen molar-refractivity contribution in [1.29, 1.82) is 0 Å². The van der Waals surface area contributed by atoms with E-state index in [-0.39, 0.29) is 11.3 Å². The van der Waals surface area contributed by atoms with Crippen LogP contribution in [0.25, 0.3) is 22.1 Å². The molecule has 1 aliphatic rings. The predicted octanol–water partition coefficient (Wildman–Crippen LogP) is 5.75. The van der Waals surface area contributed by atoms with Gasteiger partial charge in [-0.2, -0.15) is 0 Å². The molecule has 1 N–H and O–H groups in total. The Hall–Kier alpha value is -3.37.